The van der Waals surface area contributed by atoms with Crippen molar-refractivity contribution in [2.45, 2.75) is 38.1 Å². The van der Waals surface area contributed by atoms with Gasteiger partial charge >= 0.3 is 5.97 Å². The second kappa shape index (κ2) is 7.26. The van der Waals surface area contributed by atoms with Crippen molar-refractivity contribution < 1.29 is 27.9 Å². The minimum absolute atomic E-state index is 0.0256. The van der Waals surface area contributed by atoms with E-state index in [1.807, 2.05) is 0 Å². The molecule has 7 nitrogen and oxygen atoms in total. The van der Waals surface area contributed by atoms with E-state index in [-0.39, 0.29) is 24.5 Å². The highest BCUT2D eigenvalue weighted by Gasteiger charge is 2.47. The Morgan fingerprint density at radius 1 is 1.35 bits per heavy atom. The molecule has 1 aliphatic carbocycles. The van der Waals surface area contributed by atoms with Crippen LogP contribution in [0, 0.1) is 5.41 Å². The van der Waals surface area contributed by atoms with E-state index in [2.05, 4.69) is 5.32 Å². The van der Waals surface area contributed by atoms with Gasteiger partial charge in [-0.3, -0.25) is 9.59 Å². The Kier molecular flexibility index (Phi) is 5.65. The van der Waals surface area contributed by atoms with Crippen LogP contribution in [0.15, 0.2) is 24.3 Å². The fourth-order valence-electron chi connectivity index (χ4n) is 3.28. The van der Waals surface area contributed by atoms with E-state index in [0.29, 0.717) is 24.2 Å². The van der Waals surface area contributed by atoms with E-state index >= 15 is 0 Å². The summed E-state index contributed by atoms with van der Waals surface area (Å²) < 4.78 is 28.3. The van der Waals surface area contributed by atoms with Gasteiger partial charge in [0, 0.05) is 12.7 Å². The molecule has 0 radical (unpaired) electrons. The number of aliphatic carboxylic acids is 1. The summed E-state index contributed by atoms with van der Waals surface area (Å²) in [6, 6.07) is 6.88. The third kappa shape index (κ3) is 5.45. The summed E-state index contributed by atoms with van der Waals surface area (Å²) in [4.78, 5) is 23.9. The summed E-state index contributed by atoms with van der Waals surface area (Å²) in [6.07, 6.45) is 2.30. The summed E-state index contributed by atoms with van der Waals surface area (Å²) in [7, 11) is -1.67. The van der Waals surface area contributed by atoms with Crippen LogP contribution in [0.4, 0.5) is 0 Å². The molecule has 0 spiro atoms. The van der Waals surface area contributed by atoms with Crippen molar-refractivity contribution in [2.75, 3.05) is 19.1 Å². The van der Waals surface area contributed by atoms with Crippen LogP contribution in [0.3, 0.4) is 0 Å². The van der Waals surface area contributed by atoms with E-state index in [9.17, 15) is 23.1 Å². The second-order valence-corrected chi connectivity index (χ2v) is 9.57. The molecule has 0 bridgehead atoms. The zero-order valence-electron chi connectivity index (χ0n) is 15.2. The fraction of sp³-hybridized carbons (Fsp3) is 0.556. The Bertz CT molecular complexity index is 800. The Labute approximate surface area is 153 Å². The van der Waals surface area contributed by atoms with Crippen LogP contribution in [-0.2, 0) is 25.0 Å². The van der Waals surface area contributed by atoms with Gasteiger partial charge in [-0.25, -0.2) is 8.42 Å². The number of ether oxygens (including phenoxy) is 1. The van der Waals surface area contributed by atoms with Gasteiger partial charge in [-0.15, -0.1) is 0 Å². The molecule has 1 aromatic carbocycles. The van der Waals surface area contributed by atoms with E-state index in [1.165, 1.54) is 7.11 Å². The lowest BCUT2D eigenvalue weighted by Gasteiger charge is -2.31. The Balaban J connectivity index is 2.19. The van der Waals surface area contributed by atoms with Crippen molar-refractivity contribution in [3.05, 3.63) is 29.8 Å². The number of hydrogen-bond donors (Lipinski definition) is 2. The highest BCUT2D eigenvalue weighted by molar-refractivity contribution is 7.90. The lowest BCUT2D eigenvalue weighted by molar-refractivity contribution is -0.139. The first-order valence-electron chi connectivity index (χ1n) is 8.32. The average molecular weight is 383 g/mol. The van der Waals surface area contributed by atoms with E-state index in [0.717, 1.165) is 6.26 Å². The normalized spacial score (nSPS) is 17.8. The lowest BCUT2D eigenvalue weighted by Crippen LogP contribution is -2.46. The molecule has 1 saturated carbocycles. The van der Waals surface area contributed by atoms with Crippen LogP contribution < -0.4 is 10.1 Å². The molecule has 8 heteroatoms. The van der Waals surface area contributed by atoms with Crippen molar-refractivity contribution in [1.29, 1.82) is 0 Å². The SMILES string of the molecule is COc1cccc(C(C)(CC(=O)O)NC(=O)CC2(CS(C)(=O)=O)CC2)c1. The van der Waals surface area contributed by atoms with Gasteiger partial charge in [0.1, 0.15) is 15.6 Å². The molecule has 0 aromatic heterocycles. The van der Waals surface area contributed by atoms with Gasteiger partial charge in [0.15, 0.2) is 0 Å². The molecule has 1 fully saturated rings. The molecule has 144 valence electrons. The van der Waals surface area contributed by atoms with Crippen molar-refractivity contribution in [3.63, 3.8) is 0 Å². The molecule has 1 atom stereocenters. The zero-order valence-corrected chi connectivity index (χ0v) is 16.1. The summed E-state index contributed by atoms with van der Waals surface area (Å²) in [5.41, 5.74) is -1.03. The third-order valence-electron chi connectivity index (χ3n) is 4.69. The topological polar surface area (TPSA) is 110 Å². The third-order valence-corrected chi connectivity index (χ3v) is 5.82. The highest BCUT2D eigenvalue weighted by Crippen LogP contribution is 2.50. The number of carboxylic acids is 1. The largest absolute Gasteiger partial charge is 0.497 e. The first kappa shape index (κ1) is 20.2. The molecule has 0 heterocycles. The summed E-state index contributed by atoms with van der Waals surface area (Å²) in [5.74, 6) is -0.864. The minimum Gasteiger partial charge on any atom is -0.497 e. The molecule has 1 aromatic rings. The Morgan fingerprint density at radius 3 is 2.50 bits per heavy atom. The van der Waals surface area contributed by atoms with E-state index in [4.69, 9.17) is 4.74 Å². The maximum absolute atomic E-state index is 12.6. The zero-order chi connectivity index (χ0) is 19.6. The quantitative estimate of drug-likeness (QED) is 0.672. The number of rotatable bonds is 9. The monoisotopic (exact) mass is 383 g/mol. The summed E-state index contributed by atoms with van der Waals surface area (Å²) in [6.45, 7) is 1.64. The lowest BCUT2D eigenvalue weighted by atomic mass is 9.87. The standard InChI is InChI=1S/C18H25NO6S/c1-17(11-16(21)22,13-5-4-6-14(9-13)25-2)19-15(20)10-18(7-8-18)12-26(3,23)24/h4-6,9H,7-8,10-12H2,1-3H3,(H,19,20)(H,21,22). The molecule has 1 unspecified atom stereocenters. The van der Waals surface area contributed by atoms with Crippen LogP contribution >= 0.6 is 0 Å². The first-order valence-corrected chi connectivity index (χ1v) is 10.4. The molecular weight excluding hydrogens is 358 g/mol. The van der Waals surface area contributed by atoms with Crippen molar-refractivity contribution in [3.8, 4) is 5.75 Å². The van der Waals surface area contributed by atoms with Crippen molar-refractivity contribution >= 4 is 21.7 Å². The van der Waals surface area contributed by atoms with Gasteiger partial charge in [0.25, 0.3) is 0 Å². The van der Waals surface area contributed by atoms with Gasteiger partial charge in [-0.05, 0) is 42.9 Å². The van der Waals surface area contributed by atoms with Gasteiger partial charge in [0.2, 0.25) is 5.91 Å². The second-order valence-electron chi connectivity index (χ2n) is 7.43. The number of sulfone groups is 1. The summed E-state index contributed by atoms with van der Waals surface area (Å²) >= 11 is 0. The maximum Gasteiger partial charge on any atom is 0.306 e. The number of carbonyl (C=O) groups excluding carboxylic acids is 1. The van der Waals surface area contributed by atoms with Crippen molar-refractivity contribution in [2.24, 2.45) is 5.41 Å². The highest BCUT2D eigenvalue weighted by atomic mass is 32.2. The molecule has 2 rings (SSSR count). The van der Waals surface area contributed by atoms with Gasteiger partial charge in [-0.2, -0.15) is 0 Å². The number of hydrogen-bond acceptors (Lipinski definition) is 5. The fourth-order valence-corrected chi connectivity index (χ4v) is 4.79. The Hall–Kier alpha value is -2.09. The predicted molar refractivity (Wildman–Crippen MR) is 96.7 cm³/mol. The molecule has 1 aliphatic rings. The number of amides is 1. The number of carboxylic acid groups (broad SMARTS) is 1. The summed E-state index contributed by atoms with van der Waals surface area (Å²) in [5, 5.41) is 12.1. The molecular formula is C18H25NO6S. The number of carbonyl (C=O) groups is 2. The number of benzene rings is 1. The average Bonchev–Trinajstić information content (AvgIpc) is 3.22. The predicted octanol–water partition coefficient (Wildman–Crippen LogP) is 1.72. The first-order chi connectivity index (χ1) is 12.0. The molecule has 2 N–H and O–H groups in total. The van der Waals surface area contributed by atoms with Crippen molar-refractivity contribution in [1.82, 2.24) is 5.32 Å². The van der Waals surface area contributed by atoms with E-state index in [1.54, 1.807) is 31.2 Å². The van der Waals surface area contributed by atoms with Crippen LogP contribution in [0.1, 0.15) is 38.2 Å². The Morgan fingerprint density at radius 2 is 2.00 bits per heavy atom. The van der Waals surface area contributed by atoms with Crippen LogP contribution in [0.5, 0.6) is 5.75 Å². The maximum atomic E-state index is 12.6. The number of methoxy groups -OCH3 is 1. The van der Waals surface area contributed by atoms with Crippen LogP contribution in [0.25, 0.3) is 0 Å². The molecule has 0 aliphatic heterocycles. The van der Waals surface area contributed by atoms with Gasteiger partial charge in [-0.1, -0.05) is 12.1 Å². The van der Waals surface area contributed by atoms with E-state index < -0.39 is 26.8 Å². The van der Waals surface area contributed by atoms with Crippen LogP contribution in [0.2, 0.25) is 0 Å². The number of nitrogens with one attached hydrogen (secondary N) is 1. The molecule has 26 heavy (non-hydrogen) atoms. The molecule has 0 saturated heterocycles. The van der Waals surface area contributed by atoms with Gasteiger partial charge < -0.3 is 15.2 Å². The molecule has 1 amide bonds. The smallest absolute Gasteiger partial charge is 0.306 e. The minimum atomic E-state index is -3.18. The van der Waals surface area contributed by atoms with Crippen LogP contribution in [-0.4, -0.2) is 44.5 Å². The van der Waals surface area contributed by atoms with Gasteiger partial charge in [0.05, 0.1) is 24.8 Å².